The number of rotatable bonds is 4. The van der Waals surface area contributed by atoms with Gasteiger partial charge in [-0.05, 0) is 35.9 Å². The number of hydrogen-bond acceptors (Lipinski definition) is 3. The van der Waals surface area contributed by atoms with Crippen LogP contribution in [0.5, 0.6) is 5.75 Å². The Kier molecular flexibility index (Phi) is 3.27. The SMILES string of the molecule is O=[N+]([O-])c1cc(F)cc(COc2ccc3[nH]ccc3c2)c1. The highest BCUT2D eigenvalue weighted by molar-refractivity contribution is 5.80. The van der Waals surface area contributed by atoms with Gasteiger partial charge in [-0.25, -0.2) is 4.39 Å². The largest absolute Gasteiger partial charge is 0.489 e. The number of halogens is 1. The molecule has 6 heteroatoms. The lowest BCUT2D eigenvalue weighted by Crippen LogP contribution is -1.98. The molecule has 0 radical (unpaired) electrons. The van der Waals surface area contributed by atoms with Gasteiger partial charge in [0.15, 0.2) is 0 Å². The third kappa shape index (κ3) is 2.84. The quantitative estimate of drug-likeness (QED) is 0.586. The molecule has 21 heavy (non-hydrogen) atoms. The number of hydrogen-bond donors (Lipinski definition) is 1. The number of fused-ring (bicyclic) bond motifs is 1. The van der Waals surface area contributed by atoms with E-state index in [0.717, 1.165) is 17.0 Å². The Bertz CT molecular complexity index is 814. The van der Waals surface area contributed by atoms with Gasteiger partial charge in [-0.15, -0.1) is 0 Å². The number of aromatic nitrogens is 1. The Hall–Kier alpha value is -2.89. The van der Waals surface area contributed by atoms with Gasteiger partial charge >= 0.3 is 0 Å². The molecule has 0 bridgehead atoms. The van der Waals surface area contributed by atoms with Crippen molar-refractivity contribution in [3.05, 3.63) is 70.2 Å². The van der Waals surface area contributed by atoms with E-state index >= 15 is 0 Å². The second-order valence-electron chi connectivity index (χ2n) is 4.59. The third-order valence-electron chi connectivity index (χ3n) is 3.08. The fraction of sp³-hybridized carbons (Fsp3) is 0.0667. The lowest BCUT2D eigenvalue weighted by molar-refractivity contribution is -0.385. The fourth-order valence-corrected chi connectivity index (χ4v) is 2.11. The van der Waals surface area contributed by atoms with Crippen LogP contribution in [0.25, 0.3) is 10.9 Å². The molecule has 0 saturated heterocycles. The van der Waals surface area contributed by atoms with E-state index in [4.69, 9.17) is 4.74 Å². The minimum absolute atomic E-state index is 0.0640. The molecule has 0 atom stereocenters. The van der Waals surface area contributed by atoms with Crippen LogP contribution in [0.1, 0.15) is 5.56 Å². The molecule has 0 aliphatic carbocycles. The molecule has 1 N–H and O–H groups in total. The third-order valence-corrected chi connectivity index (χ3v) is 3.08. The van der Waals surface area contributed by atoms with Crippen LogP contribution in [0.4, 0.5) is 10.1 Å². The van der Waals surface area contributed by atoms with Gasteiger partial charge < -0.3 is 9.72 Å². The maximum atomic E-state index is 13.3. The Morgan fingerprint density at radius 2 is 2.05 bits per heavy atom. The van der Waals surface area contributed by atoms with Crippen molar-refractivity contribution in [3.63, 3.8) is 0 Å². The zero-order chi connectivity index (χ0) is 14.8. The topological polar surface area (TPSA) is 68.2 Å². The molecule has 0 unspecified atom stereocenters. The first-order valence-electron chi connectivity index (χ1n) is 6.25. The van der Waals surface area contributed by atoms with Crippen molar-refractivity contribution in [2.45, 2.75) is 6.61 Å². The molecule has 1 aromatic heterocycles. The molecule has 0 aliphatic rings. The molecule has 0 spiro atoms. The minimum atomic E-state index is -0.649. The Morgan fingerprint density at radius 1 is 1.19 bits per heavy atom. The van der Waals surface area contributed by atoms with Gasteiger partial charge in [0, 0.05) is 23.2 Å². The average molecular weight is 286 g/mol. The Balaban J connectivity index is 1.79. The molecule has 0 aliphatic heterocycles. The monoisotopic (exact) mass is 286 g/mol. The van der Waals surface area contributed by atoms with Crippen LogP contribution in [0.15, 0.2) is 48.7 Å². The number of aromatic amines is 1. The molecule has 106 valence electrons. The molecule has 3 aromatic rings. The zero-order valence-corrected chi connectivity index (χ0v) is 10.9. The predicted molar refractivity (Wildman–Crippen MR) is 75.7 cm³/mol. The predicted octanol–water partition coefficient (Wildman–Crippen LogP) is 3.79. The van der Waals surface area contributed by atoms with Crippen LogP contribution in [0.2, 0.25) is 0 Å². The van der Waals surface area contributed by atoms with Crippen molar-refractivity contribution in [1.82, 2.24) is 4.98 Å². The second-order valence-corrected chi connectivity index (χ2v) is 4.59. The van der Waals surface area contributed by atoms with Crippen molar-refractivity contribution in [1.29, 1.82) is 0 Å². The van der Waals surface area contributed by atoms with Gasteiger partial charge in [0.05, 0.1) is 11.0 Å². The zero-order valence-electron chi connectivity index (χ0n) is 10.9. The number of nitrogens with zero attached hydrogens (tertiary/aromatic N) is 1. The van der Waals surface area contributed by atoms with E-state index in [1.54, 1.807) is 6.07 Å². The number of H-pyrrole nitrogens is 1. The summed E-state index contributed by atoms with van der Waals surface area (Å²) in [7, 11) is 0. The fourth-order valence-electron chi connectivity index (χ4n) is 2.11. The number of non-ortho nitro benzene ring substituents is 1. The van der Waals surface area contributed by atoms with Crippen LogP contribution in [-0.2, 0) is 6.61 Å². The molecule has 3 rings (SSSR count). The summed E-state index contributed by atoms with van der Waals surface area (Å²) in [5.74, 6) is -0.0297. The van der Waals surface area contributed by atoms with Gasteiger partial charge in [-0.1, -0.05) is 0 Å². The van der Waals surface area contributed by atoms with Crippen molar-refractivity contribution in [2.24, 2.45) is 0 Å². The van der Waals surface area contributed by atoms with Gasteiger partial charge in [-0.3, -0.25) is 10.1 Å². The summed E-state index contributed by atoms with van der Waals surface area (Å²) in [6.07, 6.45) is 1.82. The van der Waals surface area contributed by atoms with Crippen molar-refractivity contribution < 1.29 is 14.1 Å². The highest BCUT2D eigenvalue weighted by Crippen LogP contribution is 2.22. The van der Waals surface area contributed by atoms with Crippen LogP contribution < -0.4 is 4.74 Å². The number of ether oxygens (including phenoxy) is 1. The van der Waals surface area contributed by atoms with Crippen molar-refractivity contribution >= 4 is 16.6 Å². The first-order chi connectivity index (χ1) is 10.1. The van der Waals surface area contributed by atoms with Crippen LogP contribution in [0.3, 0.4) is 0 Å². The highest BCUT2D eigenvalue weighted by Gasteiger charge is 2.10. The van der Waals surface area contributed by atoms with Gasteiger partial charge in [0.1, 0.15) is 18.2 Å². The molecule has 2 aromatic carbocycles. The average Bonchev–Trinajstić information content (AvgIpc) is 2.92. The summed E-state index contributed by atoms with van der Waals surface area (Å²) >= 11 is 0. The van der Waals surface area contributed by atoms with E-state index in [1.165, 1.54) is 12.1 Å². The summed E-state index contributed by atoms with van der Waals surface area (Å²) in [6.45, 7) is 0.0640. The lowest BCUT2D eigenvalue weighted by atomic mass is 10.2. The molecule has 0 amide bonds. The van der Waals surface area contributed by atoms with E-state index < -0.39 is 10.7 Å². The van der Waals surface area contributed by atoms with Gasteiger partial charge in [0.2, 0.25) is 0 Å². The van der Waals surface area contributed by atoms with E-state index in [2.05, 4.69) is 4.98 Å². The number of nitro benzene ring substituents is 1. The van der Waals surface area contributed by atoms with E-state index in [1.807, 2.05) is 24.4 Å². The minimum Gasteiger partial charge on any atom is -0.489 e. The van der Waals surface area contributed by atoms with Crippen LogP contribution >= 0.6 is 0 Å². The summed E-state index contributed by atoms with van der Waals surface area (Å²) < 4.78 is 18.9. The van der Waals surface area contributed by atoms with E-state index in [0.29, 0.717) is 11.3 Å². The summed E-state index contributed by atoms with van der Waals surface area (Å²) in [5.41, 5.74) is 1.12. The van der Waals surface area contributed by atoms with E-state index in [-0.39, 0.29) is 12.3 Å². The normalized spacial score (nSPS) is 10.7. The molecular formula is C15H11FN2O3. The number of nitrogens with one attached hydrogen (secondary N) is 1. The van der Waals surface area contributed by atoms with Gasteiger partial charge in [-0.2, -0.15) is 0 Å². The smallest absolute Gasteiger partial charge is 0.272 e. The number of nitro groups is 1. The lowest BCUT2D eigenvalue weighted by Gasteiger charge is -2.06. The van der Waals surface area contributed by atoms with Crippen LogP contribution in [-0.4, -0.2) is 9.91 Å². The van der Waals surface area contributed by atoms with E-state index in [9.17, 15) is 14.5 Å². The molecule has 0 saturated carbocycles. The molecular weight excluding hydrogens is 275 g/mol. The Labute approximate surface area is 119 Å². The first-order valence-corrected chi connectivity index (χ1v) is 6.25. The maximum Gasteiger partial charge on any atom is 0.272 e. The molecule has 5 nitrogen and oxygen atoms in total. The van der Waals surface area contributed by atoms with Crippen molar-refractivity contribution in [3.8, 4) is 5.75 Å². The maximum absolute atomic E-state index is 13.3. The summed E-state index contributed by atoms with van der Waals surface area (Å²) in [5, 5.41) is 11.7. The Morgan fingerprint density at radius 3 is 2.86 bits per heavy atom. The molecule has 1 heterocycles. The second kappa shape index (κ2) is 5.24. The summed E-state index contributed by atoms with van der Waals surface area (Å²) in [6, 6.07) is 10.8. The number of benzene rings is 2. The highest BCUT2D eigenvalue weighted by atomic mass is 19.1. The van der Waals surface area contributed by atoms with Gasteiger partial charge in [0.25, 0.3) is 5.69 Å². The molecule has 0 fully saturated rings. The van der Waals surface area contributed by atoms with Crippen LogP contribution in [0, 0.1) is 15.9 Å². The first kappa shape index (κ1) is 13.1. The summed E-state index contributed by atoms with van der Waals surface area (Å²) in [4.78, 5) is 13.1. The van der Waals surface area contributed by atoms with Crippen molar-refractivity contribution in [2.75, 3.05) is 0 Å². The standard InChI is InChI=1S/C15H11FN2O3/c16-12-5-10(6-13(8-12)18(19)20)9-21-14-1-2-15-11(7-14)3-4-17-15/h1-8,17H,9H2.